The van der Waals surface area contributed by atoms with E-state index in [0.717, 1.165) is 25.7 Å². The number of rotatable bonds is 4. The quantitative estimate of drug-likeness (QED) is 0.454. The van der Waals surface area contributed by atoms with Gasteiger partial charge < -0.3 is 5.32 Å². The highest BCUT2D eigenvalue weighted by molar-refractivity contribution is 14.1. The van der Waals surface area contributed by atoms with Crippen LogP contribution < -0.4 is 5.32 Å². The van der Waals surface area contributed by atoms with Crippen molar-refractivity contribution in [3.05, 3.63) is 31.6 Å². The molecule has 1 aliphatic carbocycles. The Kier molecular flexibility index (Phi) is 5.48. The molecule has 1 fully saturated rings. The lowest BCUT2D eigenvalue weighted by Crippen LogP contribution is -2.27. The molecule has 0 bridgehead atoms. The molecule has 0 saturated heterocycles. The number of halogens is 2. The van der Waals surface area contributed by atoms with Gasteiger partial charge in [-0.15, -0.1) is 0 Å². The lowest BCUT2D eigenvalue weighted by Gasteiger charge is -2.28. The van der Waals surface area contributed by atoms with Crippen LogP contribution in [0.1, 0.15) is 25.7 Å². The summed E-state index contributed by atoms with van der Waals surface area (Å²) < 4.78 is 13.9. The molecule has 0 unspecified atom stereocenters. The fourth-order valence-electron chi connectivity index (χ4n) is 2.47. The Morgan fingerprint density at radius 1 is 1.40 bits per heavy atom. The molecule has 1 saturated carbocycles. The van der Waals surface area contributed by atoms with Gasteiger partial charge in [0.25, 0.3) is 5.69 Å². The normalized spacial score (nSPS) is 22.6. The largest absolute Gasteiger partial charge is 0.377 e. The van der Waals surface area contributed by atoms with Crippen molar-refractivity contribution in [3.8, 4) is 0 Å². The highest BCUT2D eigenvalue weighted by Gasteiger charge is 2.24. The zero-order valence-corrected chi connectivity index (χ0v) is 14.0. The van der Waals surface area contributed by atoms with Crippen molar-refractivity contribution >= 4 is 45.7 Å². The van der Waals surface area contributed by atoms with Crippen LogP contribution in [0.5, 0.6) is 0 Å². The number of hydrogen-bond acceptors (Lipinski definition) is 4. The van der Waals surface area contributed by atoms with E-state index in [1.54, 1.807) is 22.6 Å². The molecule has 4 nitrogen and oxygen atoms in total. The Balaban J connectivity index is 2.13. The van der Waals surface area contributed by atoms with E-state index < -0.39 is 10.7 Å². The lowest BCUT2D eigenvalue weighted by atomic mass is 9.94. The lowest BCUT2D eigenvalue weighted by molar-refractivity contribution is -0.384. The molecule has 20 heavy (non-hydrogen) atoms. The molecule has 0 radical (unpaired) electrons. The second kappa shape index (κ2) is 6.93. The van der Waals surface area contributed by atoms with Crippen molar-refractivity contribution in [2.24, 2.45) is 0 Å². The molecule has 0 heterocycles. The van der Waals surface area contributed by atoms with Gasteiger partial charge in [0.2, 0.25) is 0 Å². The zero-order valence-electron chi connectivity index (χ0n) is 11.1. The summed E-state index contributed by atoms with van der Waals surface area (Å²) in [5.41, 5.74) is 0.239. The van der Waals surface area contributed by atoms with E-state index in [1.807, 2.05) is 11.8 Å². The molecule has 1 N–H and O–H groups in total. The number of nitrogens with one attached hydrogen (secondary N) is 1. The number of nitro benzene ring substituents is 1. The van der Waals surface area contributed by atoms with Crippen LogP contribution in [0.3, 0.4) is 0 Å². The fraction of sp³-hybridized carbons (Fsp3) is 0.538. The first kappa shape index (κ1) is 15.8. The number of thioether (sulfide) groups is 1. The minimum atomic E-state index is -0.461. The zero-order chi connectivity index (χ0) is 14.7. The summed E-state index contributed by atoms with van der Waals surface area (Å²) in [6, 6.07) is 2.71. The van der Waals surface area contributed by atoms with Crippen LogP contribution >= 0.6 is 34.4 Å². The van der Waals surface area contributed by atoms with Gasteiger partial charge in [0.05, 0.1) is 8.49 Å². The molecule has 0 aliphatic heterocycles. The van der Waals surface area contributed by atoms with Crippen LogP contribution in [-0.2, 0) is 0 Å². The second-order valence-corrected chi connectivity index (χ2v) is 7.19. The van der Waals surface area contributed by atoms with Crippen LogP contribution in [-0.4, -0.2) is 22.5 Å². The summed E-state index contributed by atoms with van der Waals surface area (Å²) in [5.74, 6) is -0.420. The summed E-state index contributed by atoms with van der Waals surface area (Å²) in [5, 5.41) is 14.9. The van der Waals surface area contributed by atoms with Crippen molar-refractivity contribution in [2.75, 3.05) is 11.6 Å². The van der Waals surface area contributed by atoms with E-state index >= 15 is 0 Å². The summed E-state index contributed by atoms with van der Waals surface area (Å²) in [4.78, 5) is 10.6. The molecule has 110 valence electrons. The highest BCUT2D eigenvalue weighted by atomic mass is 127. The average Bonchev–Trinajstić information content (AvgIpc) is 2.43. The Morgan fingerprint density at radius 2 is 2.05 bits per heavy atom. The van der Waals surface area contributed by atoms with Gasteiger partial charge in [0.15, 0.2) is 0 Å². The topological polar surface area (TPSA) is 55.2 Å². The predicted molar refractivity (Wildman–Crippen MR) is 89.0 cm³/mol. The summed E-state index contributed by atoms with van der Waals surface area (Å²) in [6.07, 6.45) is 6.24. The van der Waals surface area contributed by atoms with Crippen molar-refractivity contribution in [1.82, 2.24) is 0 Å². The molecule has 1 aromatic carbocycles. The molecule has 2 rings (SSSR count). The first-order valence-corrected chi connectivity index (χ1v) is 8.80. The summed E-state index contributed by atoms with van der Waals surface area (Å²) in [6.45, 7) is 0. The van der Waals surface area contributed by atoms with Gasteiger partial charge in [-0.2, -0.15) is 11.8 Å². The van der Waals surface area contributed by atoms with E-state index in [2.05, 4.69) is 11.6 Å². The number of benzene rings is 1. The second-order valence-electron chi connectivity index (χ2n) is 4.89. The minimum absolute atomic E-state index is 0.0530. The Labute approximate surface area is 135 Å². The van der Waals surface area contributed by atoms with E-state index in [-0.39, 0.29) is 15.3 Å². The van der Waals surface area contributed by atoms with Crippen molar-refractivity contribution in [3.63, 3.8) is 0 Å². The summed E-state index contributed by atoms with van der Waals surface area (Å²) >= 11 is 3.64. The third kappa shape index (κ3) is 3.75. The third-order valence-corrected chi connectivity index (χ3v) is 5.57. The minimum Gasteiger partial charge on any atom is -0.377 e. The highest BCUT2D eigenvalue weighted by Crippen LogP contribution is 2.33. The Hall–Kier alpha value is -0.570. The van der Waals surface area contributed by atoms with Gasteiger partial charge in [-0.3, -0.25) is 10.1 Å². The number of nitro groups is 1. The molecular formula is C13H16FIN2O2S. The monoisotopic (exact) mass is 410 g/mol. The molecule has 0 spiro atoms. The van der Waals surface area contributed by atoms with Crippen LogP contribution in [0.25, 0.3) is 0 Å². The molecule has 7 heteroatoms. The fourth-order valence-corrected chi connectivity index (χ4v) is 3.66. The van der Waals surface area contributed by atoms with Gasteiger partial charge in [-0.1, -0.05) is 0 Å². The van der Waals surface area contributed by atoms with E-state index in [9.17, 15) is 14.5 Å². The maximum atomic E-state index is 13.6. The molecular weight excluding hydrogens is 394 g/mol. The average molecular weight is 410 g/mol. The molecule has 1 aliphatic rings. The van der Waals surface area contributed by atoms with Crippen LogP contribution in [0.4, 0.5) is 15.8 Å². The van der Waals surface area contributed by atoms with Crippen molar-refractivity contribution < 1.29 is 9.31 Å². The van der Waals surface area contributed by atoms with Crippen LogP contribution in [0, 0.1) is 19.5 Å². The van der Waals surface area contributed by atoms with Gasteiger partial charge in [0.1, 0.15) is 11.5 Å². The van der Waals surface area contributed by atoms with Crippen LogP contribution in [0.15, 0.2) is 12.1 Å². The van der Waals surface area contributed by atoms with E-state index in [4.69, 9.17) is 0 Å². The maximum Gasteiger partial charge on any atom is 0.293 e. The standard InChI is InChI=1S/C13H16FIN2O2S/c1-20-9-4-2-8(3-5-9)16-12-6-10(14)11(15)7-13(12)17(18)19/h6-9,16H,2-5H2,1H3. The van der Waals surface area contributed by atoms with Gasteiger partial charge in [-0.25, -0.2) is 4.39 Å². The van der Waals surface area contributed by atoms with Crippen LogP contribution in [0.2, 0.25) is 0 Å². The van der Waals surface area contributed by atoms with E-state index in [0.29, 0.717) is 10.9 Å². The summed E-state index contributed by atoms with van der Waals surface area (Å²) in [7, 11) is 0. The van der Waals surface area contributed by atoms with Crippen molar-refractivity contribution in [1.29, 1.82) is 0 Å². The predicted octanol–water partition coefficient (Wildman–Crippen LogP) is 4.42. The number of nitrogens with zero attached hydrogens (tertiary/aromatic N) is 1. The number of hydrogen-bond donors (Lipinski definition) is 1. The van der Waals surface area contributed by atoms with E-state index in [1.165, 1.54) is 12.1 Å². The molecule has 0 aromatic heterocycles. The van der Waals surface area contributed by atoms with Gasteiger partial charge in [-0.05, 0) is 54.5 Å². The first-order valence-electron chi connectivity index (χ1n) is 6.44. The van der Waals surface area contributed by atoms with Gasteiger partial charge in [0, 0.05) is 23.4 Å². The molecule has 0 atom stereocenters. The Bertz CT molecular complexity index is 507. The smallest absolute Gasteiger partial charge is 0.293 e. The third-order valence-electron chi connectivity index (χ3n) is 3.60. The molecule has 1 aromatic rings. The maximum absolute atomic E-state index is 13.6. The molecule has 0 amide bonds. The van der Waals surface area contributed by atoms with Crippen molar-refractivity contribution in [2.45, 2.75) is 37.0 Å². The van der Waals surface area contributed by atoms with Gasteiger partial charge >= 0.3 is 0 Å². The first-order chi connectivity index (χ1) is 9.51. The number of anilines is 1. The SMILES string of the molecule is CSC1CCC(Nc2cc(F)c(I)cc2[N+](=O)[O-])CC1. The Morgan fingerprint density at radius 3 is 2.60 bits per heavy atom.